The molecule has 37 heavy (non-hydrogen) atoms. The van der Waals surface area contributed by atoms with Crippen molar-refractivity contribution in [2.45, 2.75) is 51.6 Å². The number of aromatic carboxylic acids is 1. The van der Waals surface area contributed by atoms with Gasteiger partial charge in [0.25, 0.3) is 0 Å². The molecule has 2 N–H and O–H groups in total. The monoisotopic (exact) mass is 527 g/mol. The van der Waals surface area contributed by atoms with E-state index >= 15 is 0 Å². The van der Waals surface area contributed by atoms with E-state index in [1.165, 1.54) is 13.2 Å². The highest BCUT2D eigenvalue weighted by molar-refractivity contribution is 5.91. The van der Waals surface area contributed by atoms with Crippen molar-refractivity contribution in [1.82, 2.24) is 5.32 Å². The van der Waals surface area contributed by atoms with Gasteiger partial charge in [0.1, 0.15) is 5.75 Å². The quantitative estimate of drug-likeness (QED) is 0.296. The first kappa shape index (κ1) is 28.5. The van der Waals surface area contributed by atoms with Crippen molar-refractivity contribution in [3.8, 4) is 11.5 Å². The minimum atomic E-state index is -0.881. The number of rotatable bonds is 10. The predicted molar refractivity (Wildman–Crippen MR) is 146 cm³/mol. The molecule has 0 bridgehead atoms. The molecule has 2 atom stereocenters. The fourth-order valence-corrected chi connectivity index (χ4v) is 5.21. The van der Waals surface area contributed by atoms with Crippen molar-refractivity contribution in [2.24, 2.45) is 0 Å². The lowest BCUT2D eigenvalue weighted by molar-refractivity contribution is 0.0695. The largest absolute Gasteiger partial charge is 0.494 e. The zero-order chi connectivity index (χ0) is 25.7. The van der Waals surface area contributed by atoms with Crippen LogP contribution in [-0.2, 0) is 6.42 Å². The van der Waals surface area contributed by atoms with Gasteiger partial charge in [0.2, 0.25) is 0 Å². The molecule has 5 nitrogen and oxygen atoms in total. The average molecular weight is 528 g/mol. The van der Waals surface area contributed by atoms with E-state index < -0.39 is 5.97 Å². The number of methoxy groups -OCH3 is 1. The molecule has 3 aromatic rings. The summed E-state index contributed by atoms with van der Waals surface area (Å²) in [6.07, 6.45) is 3.53. The second-order valence-electron chi connectivity index (χ2n) is 9.45. The number of ether oxygens (including phenoxy) is 2. The molecular formula is C30H35ClFNO4. The van der Waals surface area contributed by atoms with Gasteiger partial charge in [-0.3, -0.25) is 0 Å². The molecule has 0 fully saturated rings. The summed E-state index contributed by atoms with van der Waals surface area (Å²) in [6.45, 7) is 5.42. The van der Waals surface area contributed by atoms with Gasteiger partial charge in [-0.2, -0.15) is 0 Å². The van der Waals surface area contributed by atoms with E-state index in [1.54, 1.807) is 12.1 Å². The summed E-state index contributed by atoms with van der Waals surface area (Å²) in [4.78, 5) is 11.9. The molecule has 0 aliphatic carbocycles. The van der Waals surface area contributed by atoms with E-state index in [0.717, 1.165) is 72.3 Å². The molecule has 0 saturated heterocycles. The molecule has 2 unspecified atom stereocenters. The van der Waals surface area contributed by atoms with Crippen molar-refractivity contribution in [1.29, 1.82) is 0 Å². The van der Waals surface area contributed by atoms with Crippen molar-refractivity contribution in [3.05, 3.63) is 93.8 Å². The maximum Gasteiger partial charge on any atom is 0.336 e. The first-order valence-electron chi connectivity index (χ1n) is 12.5. The van der Waals surface area contributed by atoms with Gasteiger partial charge in [0.05, 0.1) is 18.8 Å². The number of fused-ring (bicyclic) bond motifs is 1. The van der Waals surface area contributed by atoms with Gasteiger partial charge in [-0.1, -0.05) is 36.4 Å². The van der Waals surface area contributed by atoms with Gasteiger partial charge in [0, 0.05) is 11.5 Å². The summed E-state index contributed by atoms with van der Waals surface area (Å²) in [7, 11) is 1.47. The molecule has 198 valence electrons. The third-order valence-corrected chi connectivity index (χ3v) is 7.08. The summed E-state index contributed by atoms with van der Waals surface area (Å²) in [5.41, 5.74) is 5.23. The minimum Gasteiger partial charge on any atom is -0.494 e. The lowest BCUT2D eigenvalue weighted by atomic mass is 9.80. The molecule has 7 heteroatoms. The molecular weight excluding hydrogens is 493 g/mol. The SMILES string of the molecule is COc1cc(CCNCCCC2CC(c3ccc(C)c(C(=O)O)c3C)c3ccccc3O2)ccc1F.Cl. The summed E-state index contributed by atoms with van der Waals surface area (Å²) < 4.78 is 25.0. The van der Waals surface area contributed by atoms with Crippen molar-refractivity contribution in [2.75, 3.05) is 20.2 Å². The maximum absolute atomic E-state index is 13.6. The Morgan fingerprint density at radius 2 is 1.89 bits per heavy atom. The van der Waals surface area contributed by atoms with Crippen LogP contribution in [0.5, 0.6) is 11.5 Å². The van der Waals surface area contributed by atoms with Crippen molar-refractivity contribution < 1.29 is 23.8 Å². The Labute approximate surface area is 224 Å². The fourth-order valence-electron chi connectivity index (χ4n) is 5.21. The first-order valence-corrected chi connectivity index (χ1v) is 12.5. The van der Waals surface area contributed by atoms with E-state index in [9.17, 15) is 14.3 Å². The van der Waals surface area contributed by atoms with Crippen molar-refractivity contribution in [3.63, 3.8) is 0 Å². The van der Waals surface area contributed by atoms with Crippen LogP contribution in [0.15, 0.2) is 54.6 Å². The van der Waals surface area contributed by atoms with E-state index in [4.69, 9.17) is 9.47 Å². The van der Waals surface area contributed by atoms with Crippen LogP contribution >= 0.6 is 12.4 Å². The number of carboxylic acid groups (broad SMARTS) is 1. The fraction of sp³-hybridized carbons (Fsp3) is 0.367. The van der Waals surface area contributed by atoms with Crippen molar-refractivity contribution >= 4 is 18.4 Å². The second-order valence-corrected chi connectivity index (χ2v) is 9.45. The van der Waals surface area contributed by atoms with Crippen LogP contribution in [0.3, 0.4) is 0 Å². The normalized spacial score (nSPS) is 16.3. The number of aryl methyl sites for hydroxylation is 1. The van der Waals surface area contributed by atoms with Gasteiger partial charge in [-0.05, 0) is 93.1 Å². The number of carbonyl (C=O) groups is 1. The number of halogens is 2. The smallest absolute Gasteiger partial charge is 0.336 e. The zero-order valence-corrected chi connectivity index (χ0v) is 22.4. The molecule has 4 rings (SSSR count). The van der Waals surface area contributed by atoms with Gasteiger partial charge >= 0.3 is 5.97 Å². The van der Waals surface area contributed by atoms with Gasteiger partial charge in [-0.15, -0.1) is 12.4 Å². The highest BCUT2D eigenvalue weighted by Crippen LogP contribution is 2.43. The Kier molecular flexibility index (Phi) is 9.95. The van der Waals surface area contributed by atoms with Crippen LogP contribution in [-0.4, -0.2) is 37.4 Å². The summed E-state index contributed by atoms with van der Waals surface area (Å²) in [6, 6.07) is 17.0. The van der Waals surface area contributed by atoms with Crippen LogP contribution in [0.2, 0.25) is 0 Å². The third kappa shape index (κ3) is 6.62. The number of benzene rings is 3. The Hall–Kier alpha value is -3.09. The number of carboxylic acids is 1. The molecule has 0 saturated carbocycles. The number of hydrogen-bond donors (Lipinski definition) is 2. The summed E-state index contributed by atoms with van der Waals surface area (Å²) in [5, 5.41) is 13.2. The highest BCUT2D eigenvalue weighted by atomic mass is 35.5. The zero-order valence-electron chi connectivity index (χ0n) is 21.6. The van der Waals surface area contributed by atoms with Crippen LogP contribution in [0.1, 0.15) is 63.4 Å². The molecule has 3 aromatic carbocycles. The van der Waals surface area contributed by atoms with Crippen LogP contribution < -0.4 is 14.8 Å². The van der Waals surface area contributed by atoms with Crippen LogP contribution in [0, 0.1) is 19.7 Å². The molecule has 1 aliphatic heterocycles. The Bertz CT molecular complexity index is 1230. The second kappa shape index (κ2) is 12.9. The van der Waals surface area contributed by atoms with E-state index in [0.29, 0.717) is 5.56 Å². The summed E-state index contributed by atoms with van der Waals surface area (Å²) in [5.74, 6) is 0.0282. The Morgan fingerprint density at radius 1 is 1.11 bits per heavy atom. The number of nitrogens with one attached hydrogen (secondary N) is 1. The highest BCUT2D eigenvalue weighted by Gasteiger charge is 2.31. The summed E-state index contributed by atoms with van der Waals surface area (Å²) >= 11 is 0. The van der Waals surface area contributed by atoms with E-state index in [2.05, 4.69) is 17.4 Å². The average Bonchev–Trinajstić information content (AvgIpc) is 2.86. The van der Waals surface area contributed by atoms with E-state index in [1.807, 2.05) is 38.1 Å². The number of para-hydroxylation sites is 1. The maximum atomic E-state index is 13.6. The predicted octanol–water partition coefficient (Wildman–Crippen LogP) is 6.47. The van der Waals surface area contributed by atoms with Gasteiger partial charge in [0.15, 0.2) is 11.6 Å². The van der Waals surface area contributed by atoms with Gasteiger partial charge < -0.3 is 19.9 Å². The molecule has 1 aliphatic rings. The molecule has 0 radical (unpaired) electrons. The molecule has 0 aromatic heterocycles. The topological polar surface area (TPSA) is 67.8 Å². The lowest BCUT2D eigenvalue weighted by Gasteiger charge is -2.33. The van der Waals surface area contributed by atoms with Crippen LogP contribution in [0.25, 0.3) is 0 Å². The molecule has 0 spiro atoms. The van der Waals surface area contributed by atoms with Crippen LogP contribution in [0.4, 0.5) is 4.39 Å². The standard InChI is InChI=1S/C30H34FNO4.ClH/c1-19-10-12-23(20(2)29(19)30(33)34)25-18-22(36-27-9-5-4-8-24(25)27)7-6-15-32-16-14-21-11-13-26(31)28(17-21)35-3;/h4-5,8-13,17,22,25,32H,6-7,14-16,18H2,1-3H3,(H,33,34);1H. The third-order valence-electron chi connectivity index (χ3n) is 7.08. The first-order chi connectivity index (χ1) is 17.4. The lowest BCUT2D eigenvalue weighted by Crippen LogP contribution is -2.28. The Morgan fingerprint density at radius 3 is 2.65 bits per heavy atom. The number of hydrogen-bond acceptors (Lipinski definition) is 4. The molecule has 1 heterocycles. The van der Waals surface area contributed by atoms with Gasteiger partial charge in [-0.25, -0.2) is 9.18 Å². The molecule has 0 amide bonds. The van der Waals surface area contributed by atoms with E-state index in [-0.39, 0.29) is 36.0 Å². The Balaban J connectivity index is 0.00000380. The minimum absolute atomic E-state index is 0.